The summed E-state index contributed by atoms with van der Waals surface area (Å²) >= 11 is 2.36. The van der Waals surface area contributed by atoms with Gasteiger partial charge in [-0.3, -0.25) is 0 Å². The topological polar surface area (TPSA) is 29.9 Å². The number of imidazole rings is 1. The molecular weight excluding hydrogens is 313 g/mol. The summed E-state index contributed by atoms with van der Waals surface area (Å²) in [6.45, 7) is 0. The molecule has 0 amide bonds. The highest BCUT2D eigenvalue weighted by Gasteiger charge is 2.17. The van der Waals surface area contributed by atoms with Crippen LogP contribution < -0.4 is 5.32 Å². The highest BCUT2D eigenvalue weighted by Crippen LogP contribution is 2.24. The van der Waals surface area contributed by atoms with Gasteiger partial charge in [-0.15, -0.1) is 0 Å². The Bertz CT molecular complexity index is 479. The van der Waals surface area contributed by atoms with Crippen molar-refractivity contribution < 1.29 is 0 Å². The molecule has 1 atom stereocenters. The van der Waals surface area contributed by atoms with E-state index in [1.807, 2.05) is 31.1 Å². The average molecular weight is 327 g/mol. The molecule has 1 aromatic carbocycles. The number of rotatable bonds is 3. The molecule has 2 aromatic rings. The lowest BCUT2D eigenvalue weighted by Gasteiger charge is -2.17. The second-order valence-corrected chi connectivity index (χ2v) is 4.80. The number of hydrogen-bond donors (Lipinski definition) is 1. The highest BCUT2D eigenvalue weighted by atomic mass is 127. The average Bonchev–Trinajstić information content (AvgIpc) is 2.69. The van der Waals surface area contributed by atoms with E-state index < -0.39 is 0 Å². The normalized spacial score (nSPS) is 12.7. The van der Waals surface area contributed by atoms with Crippen molar-refractivity contribution in [2.45, 2.75) is 6.04 Å². The fraction of sp³-hybridized carbons (Fsp3) is 0.250. The first-order valence-electron chi connectivity index (χ1n) is 5.13. The molecule has 1 unspecified atom stereocenters. The van der Waals surface area contributed by atoms with Crippen LogP contribution >= 0.6 is 22.6 Å². The number of aromatic nitrogens is 2. The smallest absolute Gasteiger partial charge is 0.130 e. The fourth-order valence-electron chi connectivity index (χ4n) is 1.79. The second-order valence-electron chi connectivity index (χ2n) is 3.64. The highest BCUT2D eigenvalue weighted by molar-refractivity contribution is 14.1. The van der Waals surface area contributed by atoms with Gasteiger partial charge in [0.15, 0.2) is 0 Å². The molecule has 0 aliphatic heterocycles. The standard InChI is InChI=1S/C12H14IN3/c1-14-11(12-15-7-8-16(12)2)9-5-3-4-6-10(9)13/h3-8,11,14H,1-2H3. The molecule has 2 rings (SSSR count). The SMILES string of the molecule is CNC(c1ccccc1I)c1nccn1C. The summed E-state index contributed by atoms with van der Waals surface area (Å²) in [5, 5.41) is 3.31. The van der Waals surface area contributed by atoms with Crippen LogP contribution in [0.15, 0.2) is 36.7 Å². The van der Waals surface area contributed by atoms with Crippen molar-refractivity contribution in [1.29, 1.82) is 0 Å². The summed E-state index contributed by atoms with van der Waals surface area (Å²) in [6.07, 6.45) is 3.80. The number of halogens is 1. The first kappa shape index (κ1) is 11.6. The minimum atomic E-state index is 0.146. The third-order valence-electron chi connectivity index (χ3n) is 2.62. The molecule has 0 spiro atoms. The van der Waals surface area contributed by atoms with Gasteiger partial charge in [-0.25, -0.2) is 4.98 Å². The molecule has 0 fully saturated rings. The Balaban J connectivity index is 2.45. The molecule has 0 radical (unpaired) electrons. The lowest BCUT2D eigenvalue weighted by Crippen LogP contribution is -2.22. The predicted molar refractivity (Wildman–Crippen MR) is 73.3 cm³/mol. The van der Waals surface area contributed by atoms with Gasteiger partial charge in [0, 0.05) is 23.0 Å². The van der Waals surface area contributed by atoms with E-state index in [-0.39, 0.29) is 6.04 Å². The first-order chi connectivity index (χ1) is 7.74. The molecule has 1 N–H and O–H groups in total. The summed E-state index contributed by atoms with van der Waals surface area (Å²) in [5.74, 6) is 1.03. The van der Waals surface area contributed by atoms with Gasteiger partial charge in [0.2, 0.25) is 0 Å². The molecule has 0 aliphatic carbocycles. The van der Waals surface area contributed by atoms with Gasteiger partial charge in [0.25, 0.3) is 0 Å². The van der Waals surface area contributed by atoms with Crippen molar-refractivity contribution >= 4 is 22.6 Å². The largest absolute Gasteiger partial charge is 0.336 e. The van der Waals surface area contributed by atoms with Crippen molar-refractivity contribution in [2.75, 3.05) is 7.05 Å². The zero-order chi connectivity index (χ0) is 11.5. The zero-order valence-corrected chi connectivity index (χ0v) is 11.5. The van der Waals surface area contributed by atoms with Crippen LogP contribution in [0.25, 0.3) is 0 Å². The first-order valence-corrected chi connectivity index (χ1v) is 6.21. The van der Waals surface area contributed by atoms with Crippen molar-refractivity contribution in [1.82, 2.24) is 14.9 Å². The molecule has 1 aromatic heterocycles. The monoisotopic (exact) mass is 327 g/mol. The Morgan fingerprint density at radius 2 is 2.12 bits per heavy atom. The summed E-state index contributed by atoms with van der Waals surface area (Å²) in [4.78, 5) is 4.40. The van der Waals surface area contributed by atoms with Gasteiger partial charge in [0.05, 0.1) is 6.04 Å². The van der Waals surface area contributed by atoms with E-state index in [0.717, 1.165) is 5.82 Å². The molecule has 16 heavy (non-hydrogen) atoms. The maximum absolute atomic E-state index is 4.40. The maximum atomic E-state index is 4.40. The molecular formula is C12H14IN3. The lowest BCUT2D eigenvalue weighted by atomic mass is 10.1. The summed E-state index contributed by atoms with van der Waals surface area (Å²) in [7, 11) is 3.98. The zero-order valence-electron chi connectivity index (χ0n) is 9.31. The van der Waals surface area contributed by atoms with Gasteiger partial charge in [0.1, 0.15) is 5.82 Å². The number of aryl methyl sites for hydroxylation is 1. The Morgan fingerprint density at radius 1 is 1.38 bits per heavy atom. The van der Waals surface area contributed by atoms with Gasteiger partial charge in [-0.2, -0.15) is 0 Å². The van der Waals surface area contributed by atoms with Crippen LogP contribution in [-0.4, -0.2) is 16.6 Å². The van der Waals surface area contributed by atoms with Crippen molar-refractivity contribution in [2.24, 2.45) is 7.05 Å². The molecule has 0 bridgehead atoms. The van der Waals surface area contributed by atoms with Gasteiger partial charge in [-0.05, 0) is 41.3 Å². The van der Waals surface area contributed by atoms with E-state index in [1.165, 1.54) is 9.13 Å². The van der Waals surface area contributed by atoms with Gasteiger partial charge >= 0.3 is 0 Å². The quantitative estimate of drug-likeness (QED) is 0.877. The van der Waals surface area contributed by atoms with Crippen molar-refractivity contribution in [3.63, 3.8) is 0 Å². The van der Waals surface area contributed by atoms with Crippen LogP contribution in [0.1, 0.15) is 17.4 Å². The van der Waals surface area contributed by atoms with Crippen LogP contribution in [0.5, 0.6) is 0 Å². The van der Waals surface area contributed by atoms with Crippen LogP contribution in [0.3, 0.4) is 0 Å². The van der Waals surface area contributed by atoms with E-state index in [4.69, 9.17) is 0 Å². The van der Waals surface area contributed by atoms with Crippen LogP contribution in [0, 0.1) is 3.57 Å². The van der Waals surface area contributed by atoms with Gasteiger partial charge in [-0.1, -0.05) is 18.2 Å². The number of nitrogens with zero attached hydrogens (tertiary/aromatic N) is 2. The van der Waals surface area contributed by atoms with E-state index >= 15 is 0 Å². The number of benzene rings is 1. The van der Waals surface area contributed by atoms with Crippen LogP contribution in [0.4, 0.5) is 0 Å². The van der Waals surface area contributed by atoms with Crippen molar-refractivity contribution in [3.05, 3.63) is 51.6 Å². The third kappa shape index (κ3) is 2.12. The third-order valence-corrected chi connectivity index (χ3v) is 3.60. The Labute approximate surface area is 109 Å². The molecule has 0 saturated carbocycles. The summed E-state index contributed by atoms with van der Waals surface area (Å²) in [5.41, 5.74) is 1.26. The Morgan fingerprint density at radius 3 is 2.69 bits per heavy atom. The summed E-state index contributed by atoms with van der Waals surface area (Å²) < 4.78 is 3.30. The maximum Gasteiger partial charge on any atom is 0.130 e. The van der Waals surface area contributed by atoms with Gasteiger partial charge < -0.3 is 9.88 Å². The van der Waals surface area contributed by atoms with E-state index in [2.05, 4.69) is 57.2 Å². The number of nitrogens with one attached hydrogen (secondary N) is 1. The van der Waals surface area contributed by atoms with E-state index in [0.29, 0.717) is 0 Å². The molecule has 1 heterocycles. The van der Waals surface area contributed by atoms with E-state index in [9.17, 15) is 0 Å². The summed E-state index contributed by atoms with van der Waals surface area (Å²) in [6, 6.07) is 8.51. The second kappa shape index (κ2) is 4.97. The molecule has 0 aliphatic rings. The van der Waals surface area contributed by atoms with Crippen molar-refractivity contribution in [3.8, 4) is 0 Å². The minimum absolute atomic E-state index is 0.146. The predicted octanol–water partition coefficient (Wildman–Crippen LogP) is 2.33. The van der Waals surface area contributed by atoms with Crippen LogP contribution in [0.2, 0.25) is 0 Å². The van der Waals surface area contributed by atoms with E-state index in [1.54, 1.807) is 0 Å². The Kier molecular flexibility index (Phi) is 3.60. The van der Waals surface area contributed by atoms with Crippen LogP contribution in [-0.2, 0) is 7.05 Å². The minimum Gasteiger partial charge on any atom is -0.336 e. The fourth-order valence-corrected chi connectivity index (χ4v) is 2.49. The molecule has 3 nitrogen and oxygen atoms in total. The molecule has 4 heteroatoms. The lowest BCUT2D eigenvalue weighted by molar-refractivity contribution is 0.615. The molecule has 84 valence electrons. The number of hydrogen-bond acceptors (Lipinski definition) is 2. The Hall–Kier alpha value is -0.880. The molecule has 0 saturated heterocycles.